The molecule has 1 spiro atoms. The number of anilines is 3. The van der Waals surface area contributed by atoms with E-state index in [-0.39, 0.29) is 21.7 Å². The molecule has 0 radical (unpaired) electrons. The Morgan fingerprint density at radius 1 is 0.383 bits per heavy atom. The van der Waals surface area contributed by atoms with E-state index in [9.17, 15) is 0 Å². The first-order chi connectivity index (χ1) is 28.4. The van der Waals surface area contributed by atoms with Gasteiger partial charge in [0.05, 0.1) is 5.41 Å². The van der Waals surface area contributed by atoms with E-state index in [1.165, 1.54) is 101 Å². The Hall–Kier alpha value is -5.66. The van der Waals surface area contributed by atoms with Crippen LogP contribution in [0.1, 0.15) is 126 Å². The van der Waals surface area contributed by atoms with Crippen molar-refractivity contribution in [2.45, 2.75) is 104 Å². The summed E-state index contributed by atoms with van der Waals surface area (Å²) in [6, 6.07) is 56.8. The minimum absolute atomic E-state index is 0.0150. The Morgan fingerprint density at radius 3 is 1.42 bits per heavy atom. The van der Waals surface area contributed by atoms with Crippen molar-refractivity contribution < 1.29 is 0 Å². The molecule has 0 heterocycles. The molecule has 0 amide bonds. The maximum absolute atomic E-state index is 2.54. The number of benzene rings is 7. The first-order valence-electron chi connectivity index (χ1n) is 22.1. The van der Waals surface area contributed by atoms with Crippen molar-refractivity contribution in [1.29, 1.82) is 0 Å². The summed E-state index contributed by atoms with van der Waals surface area (Å²) in [6.07, 6.45) is 1.03. The van der Waals surface area contributed by atoms with Gasteiger partial charge >= 0.3 is 0 Å². The van der Waals surface area contributed by atoms with Crippen molar-refractivity contribution in [3.05, 3.63) is 196 Å². The highest BCUT2D eigenvalue weighted by Gasteiger charge is 2.52. The zero-order chi connectivity index (χ0) is 42.1. The summed E-state index contributed by atoms with van der Waals surface area (Å²) in [7, 11) is 0. The third-order valence-electron chi connectivity index (χ3n) is 13.9. The summed E-state index contributed by atoms with van der Waals surface area (Å²) in [4.78, 5) is 2.50. The summed E-state index contributed by atoms with van der Waals surface area (Å²) >= 11 is 0. The predicted molar refractivity (Wildman–Crippen MR) is 256 cm³/mol. The lowest BCUT2D eigenvalue weighted by atomic mass is 9.69. The third kappa shape index (κ3) is 5.72. The molecule has 0 fully saturated rings. The molecule has 60 heavy (non-hydrogen) atoms. The molecular formula is C59H59N. The van der Waals surface area contributed by atoms with Crippen molar-refractivity contribution in [1.82, 2.24) is 0 Å². The van der Waals surface area contributed by atoms with Crippen LogP contribution in [-0.2, 0) is 28.1 Å². The molecule has 0 aromatic heterocycles. The second kappa shape index (κ2) is 12.9. The van der Waals surface area contributed by atoms with Crippen LogP contribution in [0.25, 0.3) is 33.4 Å². The van der Waals surface area contributed by atoms with Gasteiger partial charge in [0.25, 0.3) is 0 Å². The zero-order valence-corrected chi connectivity index (χ0v) is 37.5. The summed E-state index contributed by atoms with van der Waals surface area (Å²) in [5, 5.41) is 0. The maximum Gasteiger partial charge on any atom is 0.0725 e. The Bertz CT molecular complexity index is 2800. The van der Waals surface area contributed by atoms with Gasteiger partial charge in [-0.05, 0) is 143 Å². The zero-order valence-electron chi connectivity index (χ0n) is 37.5. The van der Waals surface area contributed by atoms with Crippen molar-refractivity contribution in [2.75, 3.05) is 4.90 Å². The van der Waals surface area contributed by atoms with Crippen molar-refractivity contribution in [2.24, 2.45) is 5.41 Å². The molecule has 10 rings (SSSR count). The minimum atomic E-state index is -0.430. The SMILES string of the molecule is CC(C)(C)Cc1ccc(N(c2ccc3c(c2)-c2ccccc2C32c3cc(C(C)(C)C)ccc3-c3ccc(C(C)(C)C)cc32)c2ccc3c(c2)C(C)(C)c2ccccc2-3)cc1. The first-order valence-corrected chi connectivity index (χ1v) is 22.1. The van der Waals surface area contributed by atoms with Gasteiger partial charge in [0.1, 0.15) is 0 Å². The van der Waals surface area contributed by atoms with E-state index in [2.05, 4.69) is 227 Å². The number of fused-ring (bicyclic) bond motifs is 13. The molecule has 3 aliphatic rings. The fourth-order valence-corrected chi connectivity index (χ4v) is 10.9. The van der Waals surface area contributed by atoms with Gasteiger partial charge in [-0.25, -0.2) is 0 Å². The number of hydrogen-bond donors (Lipinski definition) is 0. The van der Waals surface area contributed by atoms with E-state index in [0.29, 0.717) is 0 Å². The Morgan fingerprint density at radius 2 is 0.833 bits per heavy atom. The Labute approximate surface area is 359 Å². The lowest BCUT2D eigenvalue weighted by Gasteiger charge is -2.33. The van der Waals surface area contributed by atoms with Gasteiger partial charge in [-0.15, -0.1) is 0 Å². The van der Waals surface area contributed by atoms with Gasteiger partial charge in [0, 0.05) is 22.5 Å². The molecular weight excluding hydrogens is 723 g/mol. The number of hydrogen-bond acceptors (Lipinski definition) is 1. The molecule has 0 unspecified atom stereocenters. The van der Waals surface area contributed by atoms with E-state index in [1.807, 2.05) is 0 Å². The minimum Gasteiger partial charge on any atom is -0.310 e. The average Bonchev–Trinajstić information content (AvgIpc) is 3.75. The largest absolute Gasteiger partial charge is 0.310 e. The molecule has 0 saturated carbocycles. The van der Waals surface area contributed by atoms with Gasteiger partial charge in [-0.2, -0.15) is 0 Å². The first kappa shape index (κ1) is 38.5. The van der Waals surface area contributed by atoms with E-state index in [1.54, 1.807) is 0 Å². The van der Waals surface area contributed by atoms with Crippen LogP contribution in [-0.4, -0.2) is 0 Å². The van der Waals surface area contributed by atoms with Crippen molar-refractivity contribution >= 4 is 17.1 Å². The third-order valence-corrected chi connectivity index (χ3v) is 13.9. The van der Waals surface area contributed by atoms with Crippen LogP contribution in [0.5, 0.6) is 0 Å². The quantitative estimate of drug-likeness (QED) is 0.172. The topological polar surface area (TPSA) is 3.24 Å². The fraction of sp³-hybridized carbons (Fsp3) is 0.288. The molecule has 0 atom stereocenters. The van der Waals surface area contributed by atoms with Crippen LogP contribution in [0, 0.1) is 5.41 Å². The highest BCUT2D eigenvalue weighted by molar-refractivity contribution is 5.97. The van der Waals surface area contributed by atoms with Crippen LogP contribution >= 0.6 is 0 Å². The van der Waals surface area contributed by atoms with Gasteiger partial charge in [-0.1, -0.05) is 185 Å². The number of nitrogens with zero attached hydrogens (tertiary/aromatic N) is 1. The lowest BCUT2D eigenvalue weighted by molar-refractivity contribution is 0.411. The Balaban J connectivity index is 1.21. The van der Waals surface area contributed by atoms with Gasteiger partial charge < -0.3 is 4.90 Å². The molecule has 7 aromatic rings. The average molecular weight is 782 g/mol. The van der Waals surface area contributed by atoms with E-state index >= 15 is 0 Å². The second-order valence-electron chi connectivity index (χ2n) is 21.7. The fourth-order valence-electron chi connectivity index (χ4n) is 10.9. The van der Waals surface area contributed by atoms with E-state index in [4.69, 9.17) is 0 Å². The monoisotopic (exact) mass is 781 g/mol. The van der Waals surface area contributed by atoms with Crippen LogP contribution in [0.15, 0.2) is 146 Å². The molecule has 3 aliphatic carbocycles. The van der Waals surface area contributed by atoms with Gasteiger partial charge in [-0.3, -0.25) is 0 Å². The molecule has 1 nitrogen and oxygen atoms in total. The van der Waals surface area contributed by atoms with Crippen LogP contribution in [0.4, 0.5) is 17.1 Å². The molecule has 1 heteroatoms. The summed E-state index contributed by atoms with van der Waals surface area (Å²) in [5.74, 6) is 0. The van der Waals surface area contributed by atoms with Crippen molar-refractivity contribution in [3.63, 3.8) is 0 Å². The number of rotatable bonds is 4. The maximum atomic E-state index is 2.54. The van der Waals surface area contributed by atoms with E-state index in [0.717, 1.165) is 6.42 Å². The molecule has 0 saturated heterocycles. The summed E-state index contributed by atoms with van der Waals surface area (Å²) in [5.41, 5.74) is 23.7. The highest BCUT2D eigenvalue weighted by atomic mass is 15.1. The standard InChI is InChI=1S/C59H59N/c1-55(2,3)36-37-20-24-40(25-21-37)60(42-26-30-45-43-16-12-14-18-49(43)58(10,11)52(45)35-42)41-27-31-51-48(34-41)44-17-13-15-19-50(44)59(51)53-32-38(56(4,5)6)22-28-46(53)47-29-23-39(33-54(47)59)57(7,8)9/h12-35H,36H2,1-11H3. The highest BCUT2D eigenvalue weighted by Crippen LogP contribution is 2.64. The van der Waals surface area contributed by atoms with Gasteiger partial charge in [0.15, 0.2) is 0 Å². The summed E-state index contributed by atoms with van der Waals surface area (Å²) < 4.78 is 0. The lowest BCUT2D eigenvalue weighted by Crippen LogP contribution is -2.27. The van der Waals surface area contributed by atoms with E-state index < -0.39 is 5.41 Å². The second-order valence-corrected chi connectivity index (χ2v) is 21.7. The van der Waals surface area contributed by atoms with Crippen LogP contribution in [0.3, 0.4) is 0 Å². The summed E-state index contributed by atoms with van der Waals surface area (Å²) in [6.45, 7) is 25.8. The van der Waals surface area contributed by atoms with Gasteiger partial charge in [0.2, 0.25) is 0 Å². The molecule has 300 valence electrons. The molecule has 7 aromatic carbocycles. The van der Waals surface area contributed by atoms with Crippen LogP contribution < -0.4 is 4.90 Å². The van der Waals surface area contributed by atoms with Crippen molar-refractivity contribution in [3.8, 4) is 33.4 Å². The normalized spacial score (nSPS) is 15.2. The molecule has 0 N–H and O–H groups in total. The molecule has 0 bridgehead atoms. The smallest absolute Gasteiger partial charge is 0.0725 e. The molecule has 0 aliphatic heterocycles. The van der Waals surface area contributed by atoms with Crippen LogP contribution in [0.2, 0.25) is 0 Å². The Kier molecular flexibility index (Phi) is 8.30. The predicted octanol–water partition coefficient (Wildman–Crippen LogP) is 16.0.